The molecule has 0 spiro atoms. The van der Waals surface area contributed by atoms with Crippen LogP contribution in [0.4, 0.5) is 0 Å². The van der Waals surface area contributed by atoms with E-state index >= 15 is 0 Å². The number of ether oxygens (including phenoxy) is 2. The molecule has 1 fully saturated rings. The van der Waals surface area contributed by atoms with Crippen LogP contribution in [0.3, 0.4) is 0 Å². The summed E-state index contributed by atoms with van der Waals surface area (Å²) in [5, 5.41) is 0. The Kier molecular flexibility index (Phi) is 4.13. The van der Waals surface area contributed by atoms with Crippen LogP contribution in [0.15, 0.2) is 18.2 Å². The molecule has 2 nitrogen and oxygen atoms in total. The van der Waals surface area contributed by atoms with Crippen LogP contribution in [0.2, 0.25) is 0 Å². The number of halogens is 1. The molecule has 19 heavy (non-hydrogen) atoms. The van der Waals surface area contributed by atoms with Gasteiger partial charge in [-0.05, 0) is 49.3 Å². The standard InChI is InChI=1S/C16H21BrO2/c1-2-18-14-7-11(8-14)9-15(17)12-3-4-16-13(10-12)5-6-19-16/h3-4,10-11,14-15H,2,5-9H2,1H3. The lowest BCUT2D eigenvalue weighted by Gasteiger charge is -2.36. The van der Waals surface area contributed by atoms with Crippen molar-refractivity contribution in [2.75, 3.05) is 13.2 Å². The van der Waals surface area contributed by atoms with Crippen LogP contribution in [0.1, 0.15) is 42.1 Å². The topological polar surface area (TPSA) is 18.5 Å². The second-order valence-corrected chi connectivity index (χ2v) is 6.69. The van der Waals surface area contributed by atoms with E-state index in [4.69, 9.17) is 9.47 Å². The predicted octanol–water partition coefficient (Wildman–Crippen LogP) is 4.26. The van der Waals surface area contributed by atoms with Crippen molar-refractivity contribution in [2.24, 2.45) is 5.92 Å². The molecule has 0 N–H and O–H groups in total. The number of alkyl halides is 1. The zero-order valence-corrected chi connectivity index (χ0v) is 13.0. The minimum atomic E-state index is 0.464. The fourth-order valence-corrected chi connectivity index (χ4v) is 3.88. The molecule has 0 amide bonds. The Morgan fingerprint density at radius 3 is 3.05 bits per heavy atom. The average Bonchev–Trinajstić information content (AvgIpc) is 2.83. The zero-order chi connectivity index (χ0) is 13.2. The fourth-order valence-electron chi connectivity index (χ4n) is 3.07. The third-order valence-electron chi connectivity index (χ3n) is 4.21. The van der Waals surface area contributed by atoms with Gasteiger partial charge < -0.3 is 9.47 Å². The molecule has 1 aliphatic carbocycles. The summed E-state index contributed by atoms with van der Waals surface area (Å²) in [6.45, 7) is 3.76. The van der Waals surface area contributed by atoms with Gasteiger partial charge >= 0.3 is 0 Å². The van der Waals surface area contributed by atoms with E-state index in [1.807, 2.05) is 0 Å². The maximum atomic E-state index is 5.62. The molecule has 0 radical (unpaired) electrons. The number of hydrogen-bond donors (Lipinski definition) is 0. The molecule has 3 heteroatoms. The van der Waals surface area contributed by atoms with Gasteiger partial charge in [-0.3, -0.25) is 0 Å². The molecule has 3 rings (SSSR count). The Labute approximate surface area is 123 Å². The van der Waals surface area contributed by atoms with E-state index in [0.29, 0.717) is 10.9 Å². The lowest BCUT2D eigenvalue weighted by molar-refractivity contribution is -0.0264. The van der Waals surface area contributed by atoms with Crippen molar-refractivity contribution >= 4 is 15.9 Å². The van der Waals surface area contributed by atoms with E-state index < -0.39 is 0 Å². The fraction of sp³-hybridized carbons (Fsp3) is 0.625. The van der Waals surface area contributed by atoms with Gasteiger partial charge in [-0.25, -0.2) is 0 Å². The molecule has 104 valence electrons. The third kappa shape index (κ3) is 2.97. The van der Waals surface area contributed by atoms with Crippen molar-refractivity contribution in [1.29, 1.82) is 0 Å². The van der Waals surface area contributed by atoms with Crippen LogP contribution in [0, 0.1) is 5.92 Å². The van der Waals surface area contributed by atoms with Crippen molar-refractivity contribution in [3.05, 3.63) is 29.3 Å². The normalized spacial score (nSPS) is 26.4. The summed E-state index contributed by atoms with van der Waals surface area (Å²) in [6.07, 6.45) is 5.23. The molecule has 0 aromatic heterocycles. The molecule has 0 bridgehead atoms. The van der Waals surface area contributed by atoms with Crippen LogP contribution in [0.25, 0.3) is 0 Å². The van der Waals surface area contributed by atoms with Gasteiger partial charge in [0.05, 0.1) is 12.7 Å². The third-order valence-corrected chi connectivity index (χ3v) is 5.11. The number of fused-ring (bicyclic) bond motifs is 1. The highest BCUT2D eigenvalue weighted by Gasteiger charge is 2.31. The lowest BCUT2D eigenvalue weighted by atomic mass is 9.78. The SMILES string of the molecule is CCOC1CC(CC(Br)c2ccc3c(c2)CCO3)C1. The molecule has 1 aromatic carbocycles. The van der Waals surface area contributed by atoms with Crippen molar-refractivity contribution in [1.82, 2.24) is 0 Å². The summed E-state index contributed by atoms with van der Waals surface area (Å²) in [4.78, 5) is 0.464. The summed E-state index contributed by atoms with van der Waals surface area (Å²) < 4.78 is 11.2. The van der Waals surface area contributed by atoms with E-state index in [9.17, 15) is 0 Å². The van der Waals surface area contributed by atoms with E-state index in [1.165, 1.54) is 30.4 Å². The molecular formula is C16H21BrO2. The van der Waals surface area contributed by atoms with Crippen LogP contribution in [-0.2, 0) is 11.2 Å². The van der Waals surface area contributed by atoms with Gasteiger partial charge in [0, 0.05) is 17.9 Å². The minimum absolute atomic E-state index is 0.464. The molecule has 1 saturated carbocycles. The van der Waals surface area contributed by atoms with E-state index in [-0.39, 0.29) is 0 Å². The van der Waals surface area contributed by atoms with Gasteiger partial charge in [-0.15, -0.1) is 0 Å². The number of benzene rings is 1. The number of hydrogen-bond acceptors (Lipinski definition) is 2. The second kappa shape index (κ2) is 5.84. The van der Waals surface area contributed by atoms with Crippen molar-refractivity contribution in [3.63, 3.8) is 0 Å². The maximum Gasteiger partial charge on any atom is 0.122 e. The van der Waals surface area contributed by atoms with Gasteiger partial charge in [-0.1, -0.05) is 28.1 Å². The summed E-state index contributed by atoms with van der Waals surface area (Å²) >= 11 is 3.85. The van der Waals surface area contributed by atoms with E-state index in [0.717, 1.165) is 31.3 Å². The van der Waals surface area contributed by atoms with Gasteiger partial charge in [0.15, 0.2) is 0 Å². The first kappa shape index (κ1) is 13.4. The Balaban J connectivity index is 1.55. The van der Waals surface area contributed by atoms with Gasteiger partial charge in [0.1, 0.15) is 5.75 Å². The Morgan fingerprint density at radius 2 is 2.26 bits per heavy atom. The summed E-state index contributed by atoms with van der Waals surface area (Å²) in [7, 11) is 0. The van der Waals surface area contributed by atoms with Gasteiger partial charge in [-0.2, -0.15) is 0 Å². The van der Waals surface area contributed by atoms with Crippen LogP contribution in [-0.4, -0.2) is 19.3 Å². The molecule has 1 aliphatic heterocycles. The highest BCUT2D eigenvalue weighted by atomic mass is 79.9. The molecule has 1 heterocycles. The second-order valence-electron chi connectivity index (χ2n) is 5.58. The van der Waals surface area contributed by atoms with Crippen LogP contribution in [0.5, 0.6) is 5.75 Å². The molecule has 0 saturated heterocycles. The monoisotopic (exact) mass is 324 g/mol. The summed E-state index contributed by atoms with van der Waals surface area (Å²) in [5.74, 6) is 1.88. The van der Waals surface area contributed by atoms with Crippen LogP contribution < -0.4 is 4.74 Å². The smallest absolute Gasteiger partial charge is 0.122 e. The summed E-state index contributed by atoms with van der Waals surface area (Å²) in [5.41, 5.74) is 2.76. The Hall–Kier alpha value is -0.540. The predicted molar refractivity (Wildman–Crippen MR) is 80.1 cm³/mol. The van der Waals surface area contributed by atoms with Gasteiger partial charge in [0.2, 0.25) is 0 Å². The Bertz CT molecular complexity index is 440. The molecule has 1 aromatic rings. The largest absolute Gasteiger partial charge is 0.493 e. The number of rotatable bonds is 5. The quantitative estimate of drug-likeness (QED) is 0.753. The minimum Gasteiger partial charge on any atom is -0.493 e. The molecule has 1 atom stereocenters. The van der Waals surface area contributed by atoms with Crippen molar-refractivity contribution < 1.29 is 9.47 Å². The first-order valence-electron chi connectivity index (χ1n) is 7.27. The van der Waals surface area contributed by atoms with Crippen LogP contribution >= 0.6 is 15.9 Å². The van der Waals surface area contributed by atoms with E-state index in [2.05, 4.69) is 41.1 Å². The first-order chi connectivity index (χ1) is 9.26. The van der Waals surface area contributed by atoms with E-state index in [1.54, 1.807) is 0 Å². The highest BCUT2D eigenvalue weighted by molar-refractivity contribution is 9.09. The lowest BCUT2D eigenvalue weighted by Crippen LogP contribution is -2.31. The first-order valence-corrected chi connectivity index (χ1v) is 8.19. The molecule has 1 unspecified atom stereocenters. The Morgan fingerprint density at radius 1 is 1.42 bits per heavy atom. The zero-order valence-electron chi connectivity index (χ0n) is 11.4. The van der Waals surface area contributed by atoms with Crippen molar-refractivity contribution in [3.8, 4) is 5.75 Å². The summed E-state index contributed by atoms with van der Waals surface area (Å²) in [6, 6.07) is 6.62. The van der Waals surface area contributed by atoms with Crippen molar-refractivity contribution in [2.45, 2.75) is 43.5 Å². The molecule has 2 aliphatic rings. The molecular weight excluding hydrogens is 304 g/mol. The van der Waals surface area contributed by atoms with Gasteiger partial charge in [0.25, 0.3) is 0 Å². The maximum absolute atomic E-state index is 5.62. The highest BCUT2D eigenvalue weighted by Crippen LogP contribution is 2.41. The average molecular weight is 325 g/mol.